The number of hydrogen-bond donors (Lipinski definition) is 1. The number of ether oxygens (including phenoxy) is 1. The summed E-state index contributed by atoms with van der Waals surface area (Å²) in [6.07, 6.45) is 2.21. The molecule has 0 bridgehead atoms. The van der Waals surface area contributed by atoms with Crippen LogP contribution in [0, 0.1) is 0 Å². The first kappa shape index (κ1) is 17.4. The van der Waals surface area contributed by atoms with E-state index in [1.807, 2.05) is 30.3 Å². The number of benzene rings is 1. The Morgan fingerprint density at radius 1 is 1.31 bits per heavy atom. The summed E-state index contributed by atoms with van der Waals surface area (Å²) in [5.41, 5.74) is 1.03. The molecule has 2 heterocycles. The van der Waals surface area contributed by atoms with Crippen molar-refractivity contribution in [2.45, 2.75) is 55.7 Å². The molecule has 7 heteroatoms. The van der Waals surface area contributed by atoms with Crippen LogP contribution in [0.4, 0.5) is 0 Å². The number of carbonyl (C=O) groups is 3. The van der Waals surface area contributed by atoms with Crippen LogP contribution in [0.2, 0.25) is 0 Å². The van der Waals surface area contributed by atoms with Crippen LogP contribution in [0.15, 0.2) is 30.3 Å². The largest absolute Gasteiger partial charge is 0.451 e. The highest BCUT2D eigenvalue weighted by Gasteiger charge is 2.57. The topological polar surface area (TPSA) is 75.7 Å². The van der Waals surface area contributed by atoms with Crippen molar-refractivity contribution in [1.82, 2.24) is 10.2 Å². The van der Waals surface area contributed by atoms with E-state index in [4.69, 9.17) is 4.74 Å². The quantitative estimate of drug-likeness (QED) is 0.796. The zero-order chi connectivity index (χ0) is 18.3. The van der Waals surface area contributed by atoms with E-state index < -0.39 is 23.0 Å². The van der Waals surface area contributed by atoms with Crippen molar-refractivity contribution in [1.29, 1.82) is 0 Å². The van der Waals surface area contributed by atoms with E-state index in [1.54, 1.807) is 23.6 Å². The maximum absolute atomic E-state index is 12.7. The fourth-order valence-electron chi connectivity index (χ4n) is 3.67. The van der Waals surface area contributed by atoms with E-state index >= 15 is 0 Å². The van der Waals surface area contributed by atoms with Crippen LogP contribution in [0.25, 0.3) is 0 Å². The predicted octanol–water partition coefficient (Wildman–Crippen LogP) is 1.79. The molecule has 2 amide bonds. The van der Waals surface area contributed by atoms with Crippen molar-refractivity contribution in [3.8, 4) is 0 Å². The SMILES string of the molecule is C[C@H](OC(=O)[C@H]1CS[C@@]2(c3ccccc3)CCC(=O)N12)C(=O)NC1CC1. The Bertz CT molecular complexity index is 736. The number of rotatable bonds is 5. The van der Waals surface area contributed by atoms with Gasteiger partial charge in [0.25, 0.3) is 5.91 Å². The van der Waals surface area contributed by atoms with Crippen molar-refractivity contribution in [3.63, 3.8) is 0 Å². The molecule has 3 atom stereocenters. The summed E-state index contributed by atoms with van der Waals surface area (Å²) < 4.78 is 5.40. The van der Waals surface area contributed by atoms with Crippen LogP contribution in [-0.2, 0) is 24.0 Å². The highest BCUT2D eigenvalue weighted by Crippen LogP contribution is 2.54. The molecule has 0 unspecified atom stereocenters. The average molecular weight is 374 g/mol. The van der Waals surface area contributed by atoms with Gasteiger partial charge in [0.1, 0.15) is 10.9 Å². The lowest BCUT2D eigenvalue weighted by atomic mass is 10.0. The van der Waals surface area contributed by atoms with Crippen LogP contribution in [0.3, 0.4) is 0 Å². The molecule has 4 rings (SSSR count). The molecule has 3 fully saturated rings. The number of carbonyl (C=O) groups excluding carboxylic acids is 3. The minimum Gasteiger partial charge on any atom is -0.451 e. The Hall–Kier alpha value is -2.02. The summed E-state index contributed by atoms with van der Waals surface area (Å²) in [7, 11) is 0. The summed E-state index contributed by atoms with van der Waals surface area (Å²) in [5, 5.41) is 2.84. The first-order valence-corrected chi connectivity index (χ1v) is 10.0. The number of nitrogens with zero attached hydrogens (tertiary/aromatic N) is 1. The second-order valence-corrected chi connectivity index (χ2v) is 8.40. The summed E-state index contributed by atoms with van der Waals surface area (Å²) in [5.74, 6) is -0.315. The highest BCUT2D eigenvalue weighted by molar-refractivity contribution is 8.00. The fraction of sp³-hybridized carbons (Fsp3) is 0.526. The maximum Gasteiger partial charge on any atom is 0.330 e. The van der Waals surface area contributed by atoms with Gasteiger partial charge in [-0.1, -0.05) is 30.3 Å². The van der Waals surface area contributed by atoms with Crippen LogP contribution in [0.1, 0.15) is 38.2 Å². The van der Waals surface area contributed by atoms with Crippen LogP contribution in [0.5, 0.6) is 0 Å². The van der Waals surface area contributed by atoms with Gasteiger partial charge in [-0.15, -0.1) is 11.8 Å². The summed E-state index contributed by atoms with van der Waals surface area (Å²) in [6, 6.07) is 9.40. The number of nitrogens with one attached hydrogen (secondary N) is 1. The van der Waals surface area contributed by atoms with Gasteiger partial charge in [-0.2, -0.15) is 0 Å². The van der Waals surface area contributed by atoms with E-state index in [-0.39, 0.29) is 17.9 Å². The standard InChI is InChI=1S/C19H22N2O4S/c1-12(17(23)20-14-7-8-14)25-18(24)15-11-26-19(10-9-16(22)21(15)19)13-5-3-2-4-6-13/h2-6,12,14-15H,7-11H2,1H3,(H,20,23)/t12-,15+,19+/m0/s1. The molecule has 1 aliphatic carbocycles. The fourth-order valence-corrected chi connectivity index (χ4v) is 5.30. The van der Waals surface area contributed by atoms with E-state index in [0.717, 1.165) is 18.4 Å². The van der Waals surface area contributed by atoms with Gasteiger partial charge in [0.15, 0.2) is 6.10 Å². The lowest BCUT2D eigenvalue weighted by molar-refractivity contribution is -0.161. The number of esters is 1. The van der Waals surface area contributed by atoms with Gasteiger partial charge in [0.2, 0.25) is 5.91 Å². The van der Waals surface area contributed by atoms with Crippen molar-refractivity contribution in [2.24, 2.45) is 0 Å². The summed E-state index contributed by atoms with van der Waals surface area (Å²) in [4.78, 5) is 38.5. The number of fused-ring (bicyclic) bond motifs is 1. The Balaban J connectivity index is 1.49. The van der Waals surface area contributed by atoms with Gasteiger partial charge in [-0.25, -0.2) is 4.79 Å². The van der Waals surface area contributed by atoms with Gasteiger partial charge in [0.05, 0.1) is 0 Å². The van der Waals surface area contributed by atoms with Crippen molar-refractivity contribution < 1.29 is 19.1 Å². The van der Waals surface area contributed by atoms with Crippen LogP contribution < -0.4 is 5.32 Å². The van der Waals surface area contributed by atoms with Crippen molar-refractivity contribution in [3.05, 3.63) is 35.9 Å². The maximum atomic E-state index is 12.7. The smallest absolute Gasteiger partial charge is 0.330 e. The summed E-state index contributed by atoms with van der Waals surface area (Å²) in [6.45, 7) is 1.58. The first-order chi connectivity index (χ1) is 12.5. The average Bonchev–Trinajstić information content (AvgIpc) is 3.27. The van der Waals surface area contributed by atoms with Gasteiger partial charge >= 0.3 is 5.97 Å². The molecule has 3 aliphatic rings. The second-order valence-electron chi connectivity index (χ2n) is 7.10. The zero-order valence-electron chi connectivity index (χ0n) is 14.6. The van der Waals surface area contributed by atoms with Gasteiger partial charge in [0, 0.05) is 18.2 Å². The third kappa shape index (κ3) is 2.98. The molecule has 6 nitrogen and oxygen atoms in total. The predicted molar refractivity (Wildman–Crippen MR) is 97.2 cm³/mol. The molecule has 1 N–H and O–H groups in total. The number of amides is 2. The second kappa shape index (κ2) is 6.61. The Morgan fingerprint density at radius 2 is 2.04 bits per heavy atom. The van der Waals surface area contributed by atoms with Gasteiger partial charge in [-0.05, 0) is 31.7 Å². The molecular formula is C19H22N2O4S. The molecule has 1 saturated carbocycles. The molecule has 1 aromatic rings. The molecule has 2 saturated heterocycles. The van der Waals surface area contributed by atoms with Gasteiger partial charge in [-0.3, -0.25) is 9.59 Å². The minimum absolute atomic E-state index is 0.0316. The zero-order valence-corrected chi connectivity index (χ0v) is 15.5. The summed E-state index contributed by atoms with van der Waals surface area (Å²) >= 11 is 1.61. The molecule has 0 radical (unpaired) electrons. The molecule has 0 spiro atoms. The Labute approximate surface area is 156 Å². The first-order valence-electron chi connectivity index (χ1n) is 9.04. The van der Waals surface area contributed by atoms with Crippen LogP contribution >= 0.6 is 11.8 Å². The lowest BCUT2D eigenvalue weighted by Gasteiger charge is -2.33. The van der Waals surface area contributed by atoms with Crippen molar-refractivity contribution >= 4 is 29.5 Å². The molecule has 2 aliphatic heterocycles. The van der Waals surface area contributed by atoms with E-state index in [2.05, 4.69) is 5.32 Å². The van der Waals surface area contributed by atoms with Gasteiger partial charge < -0.3 is 15.0 Å². The Morgan fingerprint density at radius 3 is 2.73 bits per heavy atom. The number of hydrogen-bond acceptors (Lipinski definition) is 5. The molecule has 1 aromatic carbocycles. The van der Waals surface area contributed by atoms with E-state index in [0.29, 0.717) is 18.6 Å². The molecule has 138 valence electrons. The number of thioether (sulfide) groups is 1. The lowest BCUT2D eigenvalue weighted by Crippen LogP contribution is -2.48. The van der Waals surface area contributed by atoms with E-state index in [1.165, 1.54) is 0 Å². The third-order valence-corrected chi connectivity index (χ3v) is 6.81. The molecular weight excluding hydrogens is 352 g/mol. The van der Waals surface area contributed by atoms with Crippen molar-refractivity contribution in [2.75, 3.05) is 5.75 Å². The van der Waals surface area contributed by atoms with E-state index in [9.17, 15) is 14.4 Å². The highest BCUT2D eigenvalue weighted by atomic mass is 32.2. The Kier molecular flexibility index (Phi) is 4.42. The van der Waals surface area contributed by atoms with Crippen LogP contribution in [-0.4, -0.2) is 46.6 Å². The minimum atomic E-state index is -0.850. The third-order valence-electron chi connectivity index (χ3n) is 5.21. The normalized spacial score (nSPS) is 28.6. The monoisotopic (exact) mass is 374 g/mol. The molecule has 26 heavy (non-hydrogen) atoms. The molecule has 0 aromatic heterocycles.